The first-order chi connectivity index (χ1) is 9.20. The zero-order valence-electron chi connectivity index (χ0n) is 11.5. The van der Waals surface area contributed by atoms with E-state index < -0.39 is 0 Å². The van der Waals surface area contributed by atoms with Gasteiger partial charge in [-0.3, -0.25) is 4.79 Å². The Morgan fingerprint density at radius 1 is 1.42 bits per heavy atom. The zero-order valence-corrected chi connectivity index (χ0v) is 13.2. The molecule has 2 rings (SSSR count). The van der Waals surface area contributed by atoms with Gasteiger partial charge in [-0.25, -0.2) is 0 Å². The molecule has 1 heterocycles. The Morgan fingerprint density at radius 2 is 2.16 bits per heavy atom. The second kappa shape index (κ2) is 7.25. The highest BCUT2D eigenvalue weighted by Crippen LogP contribution is 2.26. The summed E-state index contributed by atoms with van der Waals surface area (Å²) >= 11 is 3.54. The molecule has 0 saturated carbocycles. The molecule has 1 amide bonds. The molecule has 0 radical (unpaired) electrons. The number of carbonyl (C=O) groups is 1. The van der Waals surface area contributed by atoms with Crippen LogP contribution in [0.15, 0.2) is 35.2 Å². The van der Waals surface area contributed by atoms with E-state index in [0.717, 1.165) is 25.3 Å². The van der Waals surface area contributed by atoms with Crippen LogP contribution >= 0.6 is 23.5 Å². The van der Waals surface area contributed by atoms with Gasteiger partial charge in [-0.1, -0.05) is 18.2 Å². The summed E-state index contributed by atoms with van der Waals surface area (Å²) in [5.41, 5.74) is 0. The average Bonchev–Trinajstić information content (AvgIpc) is 2.93. The van der Waals surface area contributed by atoms with Crippen molar-refractivity contribution in [1.82, 2.24) is 4.90 Å². The highest BCUT2D eigenvalue weighted by molar-refractivity contribution is 8.00. The van der Waals surface area contributed by atoms with Crippen LogP contribution in [0, 0.1) is 5.92 Å². The maximum atomic E-state index is 12.1. The van der Waals surface area contributed by atoms with Crippen molar-refractivity contribution in [3.05, 3.63) is 30.3 Å². The molecule has 104 valence electrons. The Labute approximate surface area is 124 Å². The fourth-order valence-corrected chi connectivity index (χ4v) is 3.66. The van der Waals surface area contributed by atoms with E-state index in [1.165, 1.54) is 4.90 Å². The number of hydrogen-bond acceptors (Lipinski definition) is 3. The molecular weight excluding hydrogens is 274 g/mol. The Balaban J connectivity index is 1.78. The zero-order chi connectivity index (χ0) is 13.7. The first-order valence-corrected chi connectivity index (χ1v) is 8.97. The number of thioether (sulfide) groups is 2. The molecule has 0 N–H and O–H groups in total. The van der Waals surface area contributed by atoms with Gasteiger partial charge in [0, 0.05) is 23.7 Å². The van der Waals surface area contributed by atoms with Crippen molar-refractivity contribution in [1.29, 1.82) is 0 Å². The Kier molecular flexibility index (Phi) is 5.64. The summed E-state index contributed by atoms with van der Waals surface area (Å²) in [5.74, 6) is 2.06. The van der Waals surface area contributed by atoms with Crippen molar-refractivity contribution < 1.29 is 4.79 Å². The third-order valence-corrected chi connectivity index (χ3v) is 5.68. The van der Waals surface area contributed by atoms with Gasteiger partial charge in [0.2, 0.25) is 5.91 Å². The molecule has 2 atom stereocenters. The van der Waals surface area contributed by atoms with Crippen molar-refractivity contribution in [3.8, 4) is 0 Å². The summed E-state index contributed by atoms with van der Waals surface area (Å²) in [7, 11) is 0. The number of likely N-dealkylation sites (tertiary alicyclic amines) is 1. The smallest absolute Gasteiger partial charge is 0.235 e. The van der Waals surface area contributed by atoms with Gasteiger partial charge in [-0.15, -0.1) is 11.8 Å². The second-order valence-electron chi connectivity index (χ2n) is 4.94. The van der Waals surface area contributed by atoms with Crippen LogP contribution in [0.25, 0.3) is 0 Å². The van der Waals surface area contributed by atoms with Crippen LogP contribution in [0.3, 0.4) is 0 Å². The second-order valence-corrected chi connectivity index (χ2v) is 7.21. The first-order valence-electron chi connectivity index (χ1n) is 6.70. The largest absolute Gasteiger partial charge is 0.341 e. The third kappa shape index (κ3) is 4.18. The SMILES string of the molecule is CS[C@H](C)C(=O)N1CC[C@@H](CSc2ccccc2)C1. The highest BCUT2D eigenvalue weighted by atomic mass is 32.2. The van der Waals surface area contributed by atoms with E-state index in [2.05, 4.69) is 24.3 Å². The van der Waals surface area contributed by atoms with Gasteiger partial charge in [0.15, 0.2) is 0 Å². The quantitative estimate of drug-likeness (QED) is 0.777. The number of carbonyl (C=O) groups excluding carboxylic acids is 1. The molecule has 1 aliphatic rings. The molecule has 0 spiro atoms. The van der Waals surface area contributed by atoms with Gasteiger partial charge in [-0.05, 0) is 37.7 Å². The van der Waals surface area contributed by atoms with E-state index in [1.54, 1.807) is 11.8 Å². The summed E-state index contributed by atoms with van der Waals surface area (Å²) in [6, 6.07) is 10.5. The lowest BCUT2D eigenvalue weighted by Crippen LogP contribution is -2.34. The molecule has 19 heavy (non-hydrogen) atoms. The van der Waals surface area contributed by atoms with Crippen LogP contribution in [-0.2, 0) is 4.79 Å². The molecule has 1 aliphatic heterocycles. The molecule has 4 heteroatoms. The maximum Gasteiger partial charge on any atom is 0.235 e. The highest BCUT2D eigenvalue weighted by Gasteiger charge is 2.28. The molecule has 2 nitrogen and oxygen atoms in total. The summed E-state index contributed by atoms with van der Waals surface area (Å²) in [6.07, 6.45) is 3.15. The predicted octanol–water partition coefficient (Wildman–Crippen LogP) is 3.38. The molecule has 0 bridgehead atoms. The van der Waals surface area contributed by atoms with Crippen LogP contribution in [0.4, 0.5) is 0 Å². The fourth-order valence-electron chi connectivity index (χ4n) is 2.26. The molecule has 1 fully saturated rings. The molecule has 0 aromatic heterocycles. The summed E-state index contributed by atoms with van der Waals surface area (Å²) in [5, 5.41) is 0.0977. The molecule has 0 unspecified atom stereocenters. The van der Waals surface area contributed by atoms with Crippen molar-refractivity contribution in [3.63, 3.8) is 0 Å². The van der Waals surface area contributed by atoms with E-state index in [9.17, 15) is 4.79 Å². The molecule has 1 saturated heterocycles. The van der Waals surface area contributed by atoms with E-state index in [4.69, 9.17) is 0 Å². The van der Waals surface area contributed by atoms with Crippen molar-refractivity contribution in [2.45, 2.75) is 23.5 Å². The Hall–Kier alpha value is -0.610. The van der Waals surface area contributed by atoms with Crippen molar-refractivity contribution in [2.75, 3.05) is 25.1 Å². The van der Waals surface area contributed by atoms with Gasteiger partial charge in [-0.2, -0.15) is 11.8 Å². The predicted molar refractivity (Wildman–Crippen MR) is 84.8 cm³/mol. The van der Waals surface area contributed by atoms with Crippen LogP contribution in [0.5, 0.6) is 0 Å². The summed E-state index contributed by atoms with van der Waals surface area (Å²) < 4.78 is 0. The van der Waals surface area contributed by atoms with Crippen LogP contribution < -0.4 is 0 Å². The summed E-state index contributed by atoms with van der Waals surface area (Å²) in [6.45, 7) is 3.87. The molecule has 0 aliphatic carbocycles. The average molecular weight is 295 g/mol. The van der Waals surface area contributed by atoms with Gasteiger partial charge in [0.25, 0.3) is 0 Å². The number of hydrogen-bond donors (Lipinski definition) is 0. The van der Waals surface area contributed by atoms with E-state index in [-0.39, 0.29) is 5.25 Å². The fraction of sp³-hybridized carbons (Fsp3) is 0.533. The van der Waals surface area contributed by atoms with Crippen LogP contribution in [0.1, 0.15) is 13.3 Å². The lowest BCUT2D eigenvalue weighted by molar-refractivity contribution is -0.129. The van der Waals surface area contributed by atoms with Crippen molar-refractivity contribution in [2.24, 2.45) is 5.92 Å². The van der Waals surface area contributed by atoms with Crippen LogP contribution in [-0.4, -0.2) is 41.2 Å². The normalized spacial score (nSPS) is 20.5. The third-order valence-electron chi connectivity index (χ3n) is 3.53. The number of nitrogens with zero attached hydrogens (tertiary/aromatic N) is 1. The monoisotopic (exact) mass is 295 g/mol. The minimum atomic E-state index is 0.0977. The maximum absolute atomic E-state index is 12.1. The minimum Gasteiger partial charge on any atom is -0.341 e. The molecular formula is C15H21NOS2. The van der Waals surface area contributed by atoms with E-state index in [0.29, 0.717) is 11.8 Å². The van der Waals surface area contributed by atoms with Gasteiger partial charge >= 0.3 is 0 Å². The van der Waals surface area contributed by atoms with Crippen LogP contribution in [0.2, 0.25) is 0 Å². The number of amides is 1. The molecule has 1 aromatic carbocycles. The minimum absolute atomic E-state index is 0.0977. The van der Waals surface area contributed by atoms with Crippen molar-refractivity contribution >= 4 is 29.4 Å². The van der Waals surface area contributed by atoms with Gasteiger partial charge in [0.1, 0.15) is 0 Å². The lowest BCUT2D eigenvalue weighted by atomic mass is 10.2. The van der Waals surface area contributed by atoms with E-state index in [1.807, 2.05) is 35.9 Å². The van der Waals surface area contributed by atoms with Gasteiger partial charge < -0.3 is 4.90 Å². The van der Waals surface area contributed by atoms with Gasteiger partial charge in [0.05, 0.1) is 5.25 Å². The Morgan fingerprint density at radius 3 is 2.84 bits per heavy atom. The number of rotatable bonds is 5. The lowest BCUT2D eigenvalue weighted by Gasteiger charge is -2.19. The first kappa shape index (κ1) is 14.8. The molecule has 1 aromatic rings. The Bertz CT molecular complexity index is 410. The number of benzene rings is 1. The summed E-state index contributed by atoms with van der Waals surface area (Å²) in [4.78, 5) is 15.5. The standard InChI is InChI=1S/C15H21NOS2/c1-12(18-2)15(17)16-9-8-13(10-16)11-19-14-6-4-3-5-7-14/h3-7,12-13H,8-11H2,1-2H3/t12-,13-/m1/s1. The van der Waals surface area contributed by atoms with E-state index >= 15 is 0 Å². The topological polar surface area (TPSA) is 20.3 Å².